The lowest BCUT2D eigenvalue weighted by molar-refractivity contribution is 0.372. The standard InChI is InChI=1S/C15H17N7O/c1-23-12-4-2-11(3-5-12)22-14-13(20-21-22)8-17-15(19-14)18-10-6-9(16)7-10/h2-5,8-10H,6-7,16H2,1H3,(H,17,18,19). The Morgan fingerprint density at radius 2 is 2.04 bits per heavy atom. The molecule has 0 atom stereocenters. The minimum absolute atomic E-state index is 0.280. The van der Waals surface area contributed by atoms with Gasteiger partial charge in [0.25, 0.3) is 0 Å². The number of anilines is 1. The fourth-order valence-electron chi connectivity index (χ4n) is 2.66. The molecule has 0 radical (unpaired) electrons. The van der Waals surface area contributed by atoms with Gasteiger partial charge >= 0.3 is 0 Å². The van der Waals surface area contributed by atoms with Gasteiger partial charge in [0.2, 0.25) is 5.95 Å². The van der Waals surface area contributed by atoms with Crippen molar-refractivity contribution in [3.63, 3.8) is 0 Å². The molecule has 0 aliphatic heterocycles. The quantitative estimate of drug-likeness (QED) is 0.744. The molecular formula is C15H17N7O. The Bertz CT molecular complexity index is 823. The number of hydrogen-bond acceptors (Lipinski definition) is 7. The van der Waals surface area contributed by atoms with Crippen LogP contribution in [0.15, 0.2) is 30.5 Å². The lowest BCUT2D eigenvalue weighted by Gasteiger charge is -2.32. The van der Waals surface area contributed by atoms with Crippen molar-refractivity contribution in [2.45, 2.75) is 24.9 Å². The highest BCUT2D eigenvalue weighted by molar-refractivity contribution is 5.72. The Kier molecular flexibility index (Phi) is 3.30. The number of fused-ring (bicyclic) bond motifs is 1. The van der Waals surface area contributed by atoms with E-state index in [2.05, 4.69) is 25.6 Å². The zero-order chi connectivity index (χ0) is 15.8. The minimum Gasteiger partial charge on any atom is -0.497 e. The van der Waals surface area contributed by atoms with Gasteiger partial charge in [0.05, 0.1) is 19.0 Å². The second-order valence-electron chi connectivity index (χ2n) is 5.67. The normalized spacial score (nSPS) is 20.3. The highest BCUT2D eigenvalue weighted by Gasteiger charge is 2.26. The molecular weight excluding hydrogens is 294 g/mol. The third kappa shape index (κ3) is 2.57. The maximum Gasteiger partial charge on any atom is 0.225 e. The number of ether oxygens (including phenoxy) is 1. The van der Waals surface area contributed by atoms with Crippen LogP contribution in [-0.4, -0.2) is 44.2 Å². The topological polar surface area (TPSA) is 104 Å². The van der Waals surface area contributed by atoms with Crippen molar-refractivity contribution in [1.82, 2.24) is 25.0 Å². The molecule has 1 aliphatic rings. The van der Waals surface area contributed by atoms with Gasteiger partial charge in [0, 0.05) is 12.1 Å². The van der Waals surface area contributed by atoms with E-state index in [1.807, 2.05) is 24.3 Å². The van der Waals surface area contributed by atoms with Crippen molar-refractivity contribution in [3.05, 3.63) is 30.5 Å². The summed E-state index contributed by atoms with van der Waals surface area (Å²) in [4.78, 5) is 8.83. The summed E-state index contributed by atoms with van der Waals surface area (Å²) in [6.45, 7) is 0. The van der Waals surface area contributed by atoms with Crippen LogP contribution in [0.1, 0.15) is 12.8 Å². The lowest BCUT2D eigenvalue weighted by Crippen LogP contribution is -2.44. The van der Waals surface area contributed by atoms with Gasteiger partial charge in [-0.05, 0) is 37.1 Å². The first-order valence-corrected chi connectivity index (χ1v) is 7.48. The average Bonchev–Trinajstić information content (AvgIpc) is 2.97. The molecule has 3 aromatic rings. The Balaban J connectivity index is 1.66. The first kappa shape index (κ1) is 13.9. The fourth-order valence-corrected chi connectivity index (χ4v) is 2.66. The Hall–Kier alpha value is -2.74. The number of rotatable bonds is 4. The number of nitrogens with one attached hydrogen (secondary N) is 1. The molecule has 4 rings (SSSR count). The van der Waals surface area contributed by atoms with E-state index in [4.69, 9.17) is 10.5 Å². The van der Waals surface area contributed by atoms with E-state index in [1.54, 1.807) is 18.0 Å². The van der Waals surface area contributed by atoms with Gasteiger partial charge in [0.15, 0.2) is 11.2 Å². The Morgan fingerprint density at radius 1 is 1.26 bits per heavy atom. The maximum atomic E-state index is 5.81. The van der Waals surface area contributed by atoms with Gasteiger partial charge in [-0.15, -0.1) is 5.10 Å². The highest BCUT2D eigenvalue weighted by atomic mass is 16.5. The summed E-state index contributed by atoms with van der Waals surface area (Å²) in [7, 11) is 1.64. The number of nitrogens with zero attached hydrogens (tertiary/aromatic N) is 5. The number of nitrogens with two attached hydrogens (primary N) is 1. The SMILES string of the molecule is COc1ccc(-n2nnc3cnc(NC4CC(N)C4)nc32)cc1. The highest BCUT2D eigenvalue weighted by Crippen LogP contribution is 2.22. The zero-order valence-corrected chi connectivity index (χ0v) is 12.7. The molecule has 2 heterocycles. The lowest BCUT2D eigenvalue weighted by atomic mass is 9.88. The van der Waals surface area contributed by atoms with Crippen LogP contribution < -0.4 is 15.8 Å². The summed E-state index contributed by atoms with van der Waals surface area (Å²) in [5.74, 6) is 1.36. The molecule has 3 N–H and O–H groups in total. The molecule has 0 amide bonds. The van der Waals surface area contributed by atoms with Crippen molar-refractivity contribution in [2.75, 3.05) is 12.4 Å². The van der Waals surface area contributed by atoms with Crippen LogP contribution in [0, 0.1) is 0 Å². The molecule has 1 fully saturated rings. The summed E-state index contributed by atoms with van der Waals surface area (Å²) in [5, 5.41) is 11.6. The molecule has 8 nitrogen and oxygen atoms in total. The van der Waals surface area contributed by atoms with Crippen LogP contribution in [0.25, 0.3) is 16.9 Å². The first-order chi connectivity index (χ1) is 11.2. The molecule has 0 spiro atoms. The van der Waals surface area contributed by atoms with Gasteiger partial charge in [-0.3, -0.25) is 0 Å². The van der Waals surface area contributed by atoms with Crippen LogP contribution in [-0.2, 0) is 0 Å². The van der Waals surface area contributed by atoms with E-state index in [9.17, 15) is 0 Å². The molecule has 8 heteroatoms. The number of methoxy groups -OCH3 is 1. The van der Waals surface area contributed by atoms with Crippen molar-refractivity contribution in [1.29, 1.82) is 0 Å². The van der Waals surface area contributed by atoms with Gasteiger partial charge in [0.1, 0.15) is 5.75 Å². The molecule has 118 valence electrons. The van der Waals surface area contributed by atoms with E-state index in [-0.39, 0.29) is 6.04 Å². The van der Waals surface area contributed by atoms with Crippen molar-refractivity contribution in [3.8, 4) is 11.4 Å². The second-order valence-corrected chi connectivity index (χ2v) is 5.67. The minimum atomic E-state index is 0.280. The smallest absolute Gasteiger partial charge is 0.225 e. The van der Waals surface area contributed by atoms with Crippen molar-refractivity contribution < 1.29 is 4.74 Å². The fraction of sp³-hybridized carbons (Fsp3) is 0.333. The third-order valence-corrected chi connectivity index (χ3v) is 4.02. The molecule has 2 aromatic heterocycles. The molecule has 0 saturated heterocycles. The summed E-state index contributed by atoms with van der Waals surface area (Å²) in [6, 6.07) is 8.19. The molecule has 1 saturated carbocycles. The summed E-state index contributed by atoms with van der Waals surface area (Å²) < 4.78 is 6.86. The monoisotopic (exact) mass is 311 g/mol. The number of aromatic nitrogens is 5. The van der Waals surface area contributed by atoms with Crippen LogP contribution in [0.4, 0.5) is 5.95 Å². The first-order valence-electron chi connectivity index (χ1n) is 7.48. The van der Waals surface area contributed by atoms with E-state index < -0.39 is 0 Å². The molecule has 23 heavy (non-hydrogen) atoms. The molecule has 0 unspecified atom stereocenters. The largest absolute Gasteiger partial charge is 0.497 e. The Morgan fingerprint density at radius 3 is 2.74 bits per heavy atom. The number of benzene rings is 1. The van der Waals surface area contributed by atoms with Gasteiger partial charge in [-0.1, -0.05) is 5.21 Å². The van der Waals surface area contributed by atoms with Crippen LogP contribution in [0.2, 0.25) is 0 Å². The summed E-state index contributed by atoms with van der Waals surface area (Å²) in [5.41, 5.74) is 7.98. The summed E-state index contributed by atoms with van der Waals surface area (Å²) in [6.07, 6.45) is 3.56. The zero-order valence-electron chi connectivity index (χ0n) is 12.7. The van der Waals surface area contributed by atoms with E-state index in [0.717, 1.165) is 24.3 Å². The second kappa shape index (κ2) is 5.47. The maximum absolute atomic E-state index is 5.81. The molecule has 1 aliphatic carbocycles. The van der Waals surface area contributed by atoms with Crippen LogP contribution >= 0.6 is 0 Å². The molecule has 0 bridgehead atoms. The van der Waals surface area contributed by atoms with E-state index >= 15 is 0 Å². The molecule has 1 aromatic carbocycles. The summed E-state index contributed by atoms with van der Waals surface area (Å²) >= 11 is 0. The van der Waals surface area contributed by atoms with Gasteiger partial charge < -0.3 is 15.8 Å². The van der Waals surface area contributed by atoms with Crippen molar-refractivity contribution in [2.24, 2.45) is 5.73 Å². The number of hydrogen-bond donors (Lipinski definition) is 2. The van der Waals surface area contributed by atoms with E-state index in [0.29, 0.717) is 23.2 Å². The average molecular weight is 311 g/mol. The van der Waals surface area contributed by atoms with Crippen LogP contribution in [0.5, 0.6) is 5.75 Å². The van der Waals surface area contributed by atoms with Crippen LogP contribution in [0.3, 0.4) is 0 Å². The Labute approximate surface area is 132 Å². The third-order valence-electron chi connectivity index (χ3n) is 4.02. The predicted octanol–water partition coefficient (Wildman–Crippen LogP) is 1.12. The van der Waals surface area contributed by atoms with E-state index in [1.165, 1.54) is 0 Å². The van der Waals surface area contributed by atoms with Gasteiger partial charge in [-0.25, -0.2) is 4.98 Å². The predicted molar refractivity (Wildman–Crippen MR) is 85.6 cm³/mol. The van der Waals surface area contributed by atoms with Crippen molar-refractivity contribution >= 4 is 17.1 Å². The van der Waals surface area contributed by atoms with Gasteiger partial charge in [-0.2, -0.15) is 9.67 Å².